The molecule has 0 radical (unpaired) electrons. The maximum Gasteiger partial charge on any atom is 0.306 e. The highest BCUT2D eigenvalue weighted by molar-refractivity contribution is 5.70. The Labute approximate surface area is 325 Å². The molecule has 308 valence electrons. The van der Waals surface area contributed by atoms with E-state index in [0.29, 0.717) is 12.8 Å². The normalized spacial score (nSPS) is 13.3. The number of hydrogen-bond acceptors (Lipinski definition) is 7. The lowest BCUT2D eigenvalue weighted by Gasteiger charge is -2.34. The van der Waals surface area contributed by atoms with Gasteiger partial charge in [-0.3, -0.25) is 9.59 Å². The molecule has 0 fully saturated rings. The predicted molar refractivity (Wildman–Crippen MR) is 217 cm³/mol. The summed E-state index contributed by atoms with van der Waals surface area (Å²) in [4.78, 5) is 36.8. The molecule has 0 aromatic heterocycles. The average molecular weight is 748 g/mol. The number of carboxylic acids is 1. The summed E-state index contributed by atoms with van der Waals surface area (Å²) in [6.45, 7) is 4.53. The summed E-state index contributed by atoms with van der Waals surface area (Å²) in [5.74, 6) is -1.76. The van der Waals surface area contributed by atoms with Gasteiger partial charge in [-0.1, -0.05) is 134 Å². The highest BCUT2D eigenvalue weighted by atomic mass is 16.6. The number of quaternary nitrogens is 1. The number of nitrogens with zero attached hydrogens (tertiary/aromatic N) is 1. The second-order valence-corrected chi connectivity index (χ2v) is 15.5. The Morgan fingerprint density at radius 3 is 1.57 bits per heavy atom. The molecule has 2 unspecified atom stereocenters. The Morgan fingerprint density at radius 1 is 0.585 bits per heavy atom. The molecular formula is C45H81NO7. The van der Waals surface area contributed by atoms with Crippen molar-refractivity contribution in [3.05, 3.63) is 36.5 Å². The lowest BCUT2D eigenvalue weighted by Crippen LogP contribution is -2.55. The monoisotopic (exact) mass is 748 g/mol. The van der Waals surface area contributed by atoms with Crippen LogP contribution >= 0.6 is 0 Å². The fourth-order valence-electron chi connectivity index (χ4n) is 6.16. The number of carbonyl (C=O) groups is 3. The molecule has 0 aliphatic carbocycles. The van der Waals surface area contributed by atoms with Gasteiger partial charge >= 0.3 is 11.9 Å². The Morgan fingerprint density at radius 2 is 1.06 bits per heavy atom. The molecule has 0 bridgehead atoms. The van der Waals surface area contributed by atoms with E-state index < -0.39 is 18.1 Å². The van der Waals surface area contributed by atoms with E-state index in [9.17, 15) is 19.5 Å². The summed E-state index contributed by atoms with van der Waals surface area (Å²) in [7, 11) is 5.40. The second kappa shape index (κ2) is 36.5. The van der Waals surface area contributed by atoms with Gasteiger partial charge in [-0.15, -0.1) is 0 Å². The molecule has 0 rings (SSSR count). The summed E-state index contributed by atoms with van der Waals surface area (Å²) in [6, 6.07) is -0.727. The number of carbonyl (C=O) groups excluding carboxylic acids is 3. The van der Waals surface area contributed by atoms with Gasteiger partial charge in [0.05, 0.1) is 40.3 Å². The summed E-state index contributed by atoms with van der Waals surface area (Å²) < 4.78 is 17.1. The van der Waals surface area contributed by atoms with E-state index in [2.05, 4.69) is 50.3 Å². The Kier molecular flexibility index (Phi) is 34.8. The number of likely N-dealkylation sites (N-methyl/N-ethyl adjacent to an activating group) is 1. The minimum atomic E-state index is -1.13. The lowest BCUT2D eigenvalue weighted by atomic mass is 10.1. The van der Waals surface area contributed by atoms with Crippen LogP contribution in [-0.4, -0.2) is 75.5 Å². The molecule has 8 heteroatoms. The van der Waals surface area contributed by atoms with Crippen molar-refractivity contribution < 1.29 is 38.2 Å². The number of ether oxygens (including phenoxy) is 3. The molecule has 0 saturated heterocycles. The van der Waals surface area contributed by atoms with Crippen LogP contribution in [0.25, 0.3) is 0 Å². The minimum Gasteiger partial charge on any atom is -0.544 e. The molecule has 0 aromatic rings. The van der Waals surface area contributed by atoms with Crippen LogP contribution in [0.15, 0.2) is 36.5 Å². The molecule has 0 aliphatic rings. The maximum absolute atomic E-state index is 12.7. The van der Waals surface area contributed by atoms with Crippen LogP contribution in [0.5, 0.6) is 0 Å². The molecule has 53 heavy (non-hydrogen) atoms. The summed E-state index contributed by atoms with van der Waals surface area (Å²) in [5.41, 5.74) is 0. The molecule has 2 atom stereocenters. The predicted octanol–water partition coefficient (Wildman–Crippen LogP) is 10.1. The first-order valence-corrected chi connectivity index (χ1v) is 21.5. The smallest absolute Gasteiger partial charge is 0.306 e. The highest BCUT2D eigenvalue weighted by Gasteiger charge is 2.25. The van der Waals surface area contributed by atoms with E-state index in [-0.39, 0.29) is 42.7 Å². The van der Waals surface area contributed by atoms with Gasteiger partial charge in [0.25, 0.3) is 0 Å². The minimum absolute atomic E-state index is 0.0343. The quantitative estimate of drug-likeness (QED) is 0.0268. The van der Waals surface area contributed by atoms with Gasteiger partial charge in [0.2, 0.25) is 0 Å². The number of aliphatic carboxylic acids is 1. The molecule has 0 spiro atoms. The van der Waals surface area contributed by atoms with Gasteiger partial charge in [0.15, 0.2) is 6.10 Å². The number of esters is 2. The third-order valence-corrected chi connectivity index (χ3v) is 9.51. The summed E-state index contributed by atoms with van der Waals surface area (Å²) in [6.07, 6.45) is 40.2. The Hall–Kier alpha value is -2.45. The average Bonchev–Trinajstić information content (AvgIpc) is 3.11. The van der Waals surface area contributed by atoms with Crippen LogP contribution in [0, 0.1) is 0 Å². The van der Waals surface area contributed by atoms with Crippen LogP contribution in [0.3, 0.4) is 0 Å². The fourth-order valence-corrected chi connectivity index (χ4v) is 6.16. The first kappa shape index (κ1) is 50.5. The number of unbranched alkanes of at least 4 members (excludes halogenated alkanes) is 18. The third kappa shape index (κ3) is 35.0. The van der Waals surface area contributed by atoms with Crippen molar-refractivity contribution in [2.24, 2.45) is 0 Å². The van der Waals surface area contributed by atoms with E-state index in [0.717, 1.165) is 70.6 Å². The van der Waals surface area contributed by atoms with Gasteiger partial charge in [-0.05, 0) is 64.2 Å². The number of allylic oxidation sites excluding steroid dienone is 6. The maximum atomic E-state index is 12.7. The highest BCUT2D eigenvalue weighted by Crippen LogP contribution is 2.14. The van der Waals surface area contributed by atoms with Crippen LogP contribution in [0.4, 0.5) is 0 Å². The largest absolute Gasteiger partial charge is 0.544 e. The molecule has 0 amide bonds. The molecule has 0 saturated carbocycles. The molecule has 0 N–H and O–H groups in total. The van der Waals surface area contributed by atoms with E-state index >= 15 is 0 Å². The second-order valence-electron chi connectivity index (χ2n) is 15.5. The Balaban J connectivity index is 4.34. The first-order valence-electron chi connectivity index (χ1n) is 21.5. The first-order chi connectivity index (χ1) is 25.6. The van der Waals surface area contributed by atoms with Crippen molar-refractivity contribution in [2.75, 3.05) is 41.0 Å². The molecule has 0 heterocycles. The molecule has 0 aromatic carbocycles. The number of carboxylic acid groups (broad SMARTS) is 1. The SMILES string of the molecule is CC/C=C/C/C=C/CCCCCCCC(=O)OC(COCCC(C(=O)[O-])[N+](C)(C)C)COC(=O)CCCCCCCCC/C=C/CCCCCCCC. The van der Waals surface area contributed by atoms with Gasteiger partial charge in [-0.25, -0.2) is 0 Å². The summed E-state index contributed by atoms with van der Waals surface area (Å²) >= 11 is 0. The topological polar surface area (TPSA) is 102 Å². The van der Waals surface area contributed by atoms with E-state index in [4.69, 9.17) is 14.2 Å². The van der Waals surface area contributed by atoms with Crippen molar-refractivity contribution in [3.63, 3.8) is 0 Å². The van der Waals surface area contributed by atoms with E-state index in [1.165, 1.54) is 77.0 Å². The van der Waals surface area contributed by atoms with Crippen LogP contribution in [0.1, 0.15) is 181 Å². The van der Waals surface area contributed by atoms with Gasteiger partial charge < -0.3 is 28.6 Å². The number of rotatable bonds is 38. The van der Waals surface area contributed by atoms with Crippen molar-refractivity contribution in [1.29, 1.82) is 0 Å². The van der Waals surface area contributed by atoms with Crippen LogP contribution in [0.2, 0.25) is 0 Å². The summed E-state index contributed by atoms with van der Waals surface area (Å²) in [5, 5.41) is 11.6. The van der Waals surface area contributed by atoms with Crippen LogP contribution < -0.4 is 5.11 Å². The molecular weight excluding hydrogens is 666 g/mol. The fraction of sp³-hybridized carbons (Fsp3) is 0.800. The van der Waals surface area contributed by atoms with Crippen molar-refractivity contribution in [2.45, 2.75) is 193 Å². The number of hydrogen-bond donors (Lipinski definition) is 0. The van der Waals surface area contributed by atoms with Gasteiger partial charge in [0.1, 0.15) is 12.6 Å². The zero-order chi connectivity index (χ0) is 39.3. The van der Waals surface area contributed by atoms with E-state index in [1.807, 2.05) is 0 Å². The van der Waals surface area contributed by atoms with Crippen molar-refractivity contribution >= 4 is 17.9 Å². The van der Waals surface area contributed by atoms with Crippen LogP contribution in [-0.2, 0) is 28.6 Å². The van der Waals surface area contributed by atoms with Gasteiger partial charge in [-0.2, -0.15) is 0 Å². The standard InChI is InChI=1S/C45H81NO7/c1-6-8-10-12-14-16-18-20-21-22-23-24-26-27-29-31-33-35-43(47)52-40-41(39-51-38-37-42(45(49)50)46(3,4)5)53-44(48)36-34-32-30-28-25-19-17-15-13-11-9-7-2/h9,11,15,17,20-21,41-42H,6-8,10,12-14,16,18-19,22-40H2,1-5H3/b11-9+,17-15+,21-20+. The lowest BCUT2D eigenvalue weighted by molar-refractivity contribution is -0.889. The molecule has 0 aliphatic heterocycles. The molecule has 8 nitrogen and oxygen atoms in total. The zero-order valence-electron chi connectivity index (χ0n) is 34.9. The van der Waals surface area contributed by atoms with E-state index in [1.54, 1.807) is 21.1 Å². The van der Waals surface area contributed by atoms with Crippen molar-refractivity contribution in [1.82, 2.24) is 0 Å². The zero-order valence-corrected chi connectivity index (χ0v) is 34.9. The van der Waals surface area contributed by atoms with Gasteiger partial charge in [0, 0.05) is 19.3 Å². The Bertz CT molecular complexity index is 968. The third-order valence-electron chi connectivity index (χ3n) is 9.51. The van der Waals surface area contributed by atoms with Crippen molar-refractivity contribution in [3.8, 4) is 0 Å².